The van der Waals surface area contributed by atoms with Crippen LogP contribution in [0.25, 0.3) is 0 Å². The number of aromatic nitrogens is 1. The van der Waals surface area contributed by atoms with Crippen LogP contribution in [0.5, 0.6) is 11.8 Å². The molecule has 2 amide bonds. The molecule has 1 aliphatic rings. The Hall–Kier alpha value is -2.44. The third-order valence-corrected chi connectivity index (χ3v) is 3.49. The molecule has 1 aromatic heterocycles. The highest BCUT2D eigenvalue weighted by Gasteiger charge is 2.22. The molecule has 0 bridgehead atoms. The Labute approximate surface area is 121 Å². The molecule has 0 fully saturated rings. The van der Waals surface area contributed by atoms with Crippen molar-refractivity contribution in [2.75, 3.05) is 6.54 Å². The highest BCUT2D eigenvalue weighted by molar-refractivity contribution is 6.12. The van der Waals surface area contributed by atoms with Gasteiger partial charge in [0.25, 0.3) is 11.8 Å². The van der Waals surface area contributed by atoms with Crippen LogP contribution in [-0.4, -0.2) is 43.4 Å². The van der Waals surface area contributed by atoms with E-state index in [0.717, 1.165) is 25.7 Å². The minimum Gasteiger partial charge on any atom is -0.492 e. The first kappa shape index (κ1) is 15.0. The van der Waals surface area contributed by atoms with Gasteiger partial charge in [0, 0.05) is 30.3 Å². The summed E-state index contributed by atoms with van der Waals surface area (Å²) in [5.74, 6) is -1.25. The van der Waals surface area contributed by atoms with Crippen LogP contribution < -0.4 is 0 Å². The predicted octanol–water partition coefficient (Wildman–Crippen LogP) is 1.16. The number of carbonyl (C=O) groups excluding carboxylic acids is 2. The summed E-state index contributed by atoms with van der Waals surface area (Å²) in [5.41, 5.74) is 0.490. The molecular formula is C14H18N2O5. The van der Waals surface area contributed by atoms with Crippen molar-refractivity contribution in [2.45, 2.75) is 32.1 Å². The Morgan fingerprint density at radius 3 is 2.14 bits per heavy atom. The Morgan fingerprint density at radius 1 is 0.952 bits per heavy atom. The zero-order valence-corrected chi connectivity index (χ0v) is 11.5. The zero-order valence-electron chi connectivity index (χ0n) is 11.5. The molecule has 114 valence electrons. The van der Waals surface area contributed by atoms with Crippen molar-refractivity contribution in [3.8, 4) is 11.8 Å². The molecule has 0 aromatic carbocycles. The number of hydrogen-bond acceptors (Lipinski definition) is 5. The summed E-state index contributed by atoms with van der Waals surface area (Å²) in [6.07, 6.45) is 6.31. The summed E-state index contributed by atoms with van der Waals surface area (Å²) < 4.78 is 0.340. The lowest BCUT2D eigenvalue weighted by atomic mass is 10.1. The first-order valence-corrected chi connectivity index (χ1v) is 6.86. The zero-order chi connectivity index (χ0) is 15.4. The van der Waals surface area contributed by atoms with Crippen LogP contribution in [0, 0.1) is 0 Å². The topological polar surface area (TPSA) is 103 Å². The van der Waals surface area contributed by atoms with Gasteiger partial charge in [-0.05, 0) is 19.3 Å². The van der Waals surface area contributed by atoms with Crippen LogP contribution in [0.3, 0.4) is 0 Å². The molecule has 7 heteroatoms. The van der Waals surface area contributed by atoms with Gasteiger partial charge in [-0.1, -0.05) is 12.8 Å². The Morgan fingerprint density at radius 2 is 1.57 bits per heavy atom. The number of aryl methyl sites for hydroxylation is 1. The molecule has 0 saturated carbocycles. The van der Waals surface area contributed by atoms with Crippen molar-refractivity contribution in [1.82, 2.24) is 9.63 Å². The first-order chi connectivity index (χ1) is 10.0. The van der Waals surface area contributed by atoms with Crippen molar-refractivity contribution in [2.24, 2.45) is 0 Å². The second-order valence-electron chi connectivity index (χ2n) is 4.99. The standard InChI is InChI=1S/C14H18N2O5/c17-11-6-7-12(18)15(11)8-4-2-1-3-5-10-9-13(19)16(21)14(10)20/h6-7,9,19-21H,1-5,8H2. The van der Waals surface area contributed by atoms with E-state index in [9.17, 15) is 25.0 Å². The second-order valence-corrected chi connectivity index (χ2v) is 4.99. The number of unbranched alkanes of at least 4 members (excludes halogenated alkanes) is 3. The molecule has 2 rings (SSSR count). The lowest BCUT2D eigenvalue weighted by molar-refractivity contribution is -0.136. The van der Waals surface area contributed by atoms with Gasteiger partial charge in [0.2, 0.25) is 11.8 Å². The molecular weight excluding hydrogens is 276 g/mol. The molecule has 0 spiro atoms. The minimum atomic E-state index is -0.388. The Bertz CT molecular complexity index is 558. The SMILES string of the molecule is O=C1C=CC(=O)N1CCCCCCc1cc(O)n(O)c1O. The van der Waals surface area contributed by atoms with E-state index in [2.05, 4.69) is 0 Å². The van der Waals surface area contributed by atoms with Crippen molar-refractivity contribution in [3.63, 3.8) is 0 Å². The number of nitrogens with zero attached hydrogens (tertiary/aromatic N) is 2. The fraction of sp³-hybridized carbons (Fsp3) is 0.429. The van der Waals surface area contributed by atoms with Crippen molar-refractivity contribution in [3.05, 3.63) is 23.8 Å². The molecule has 21 heavy (non-hydrogen) atoms. The van der Waals surface area contributed by atoms with Gasteiger partial charge >= 0.3 is 0 Å². The quantitative estimate of drug-likeness (QED) is 0.398. The summed E-state index contributed by atoms with van der Waals surface area (Å²) in [6, 6.07) is 1.32. The maximum absolute atomic E-state index is 11.3. The van der Waals surface area contributed by atoms with E-state index in [1.165, 1.54) is 23.1 Å². The summed E-state index contributed by atoms with van der Waals surface area (Å²) >= 11 is 0. The molecule has 0 atom stereocenters. The normalized spacial score (nSPS) is 14.4. The second kappa shape index (κ2) is 6.34. The average molecular weight is 294 g/mol. The summed E-state index contributed by atoms with van der Waals surface area (Å²) in [5, 5.41) is 27.9. The third-order valence-electron chi connectivity index (χ3n) is 3.49. The van der Waals surface area contributed by atoms with Crippen LogP contribution in [0.1, 0.15) is 31.2 Å². The van der Waals surface area contributed by atoms with E-state index < -0.39 is 0 Å². The summed E-state index contributed by atoms with van der Waals surface area (Å²) in [6.45, 7) is 0.420. The molecule has 2 heterocycles. The van der Waals surface area contributed by atoms with Gasteiger partial charge in [-0.25, -0.2) is 0 Å². The van der Waals surface area contributed by atoms with E-state index in [4.69, 9.17) is 0 Å². The summed E-state index contributed by atoms with van der Waals surface area (Å²) in [4.78, 5) is 23.8. The smallest absolute Gasteiger partial charge is 0.253 e. The lowest BCUT2D eigenvalue weighted by Crippen LogP contribution is -2.30. The molecule has 0 unspecified atom stereocenters. The minimum absolute atomic E-state index is 0.260. The molecule has 0 aliphatic carbocycles. The molecule has 1 aliphatic heterocycles. The van der Waals surface area contributed by atoms with Crippen molar-refractivity contribution >= 4 is 11.8 Å². The number of aromatic hydroxyl groups is 2. The fourth-order valence-electron chi connectivity index (χ4n) is 2.30. The van der Waals surface area contributed by atoms with Gasteiger partial charge in [0.15, 0.2) is 0 Å². The Balaban J connectivity index is 1.63. The monoisotopic (exact) mass is 294 g/mol. The maximum Gasteiger partial charge on any atom is 0.253 e. The Kier molecular flexibility index (Phi) is 4.52. The highest BCUT2D eigenvalue weighted by atomic mass is 16.5. The average Bonchev–Trinajstić information content (AvgIpc) is 2.90. The largest absolute Gasteiger partial charge is 0.492 e. The van der Waals surface area contributed by atoms with Crippen LogP contribution >= 0.6 is 0 Å². The first-order valence-electron chi connectivity index (χ1n) is 6.86. The number of hydrogen-bond donors (Lipinski definition) is 3. The predicted molar refractivity (Wildman–Crippen MR) is 73.0 cm³/mol. The van der Waals surface area contributed by atoms with E-state index in [1.807, 2.05) is 0 Å². The van der Waals surface area contributed by atoms with E-state index >= 15 is 0 Å². The van der Waals surface area contributed by atoms with Crippen LogP contribution in [0.4, 0.5) is 0 Å². The van der Waals surface area contributed by atoms with Crippen LogP contribution in [-0.2, 0) is 16.0 Å². The number of rotatable bonds is 7. The number of carbonyl (C=O) groups is 2. The molecule has 7 nitrogen and oxygen atoms in total. The van der Waals surface area contributed by atoms with Gasteiger partial charge in [0.05, 0.1) is 0 Å². The molecule has 1 aromatic rings. The van der Waals surface area contributed by atoms with Crippen LogP contribution in [0.2, 0.25) is 0 Å². The van der Waals surface area contributed by atoms with Gasteiger partial charge in [-0.3, -0.25) is 14.5 Å². The summed E-state index contributed by atoms with van der Waals surface area (Å²) in [7, 11) is 0. The highest BCUT2D eigenvalue weighted by Crippen LogP contribution is 2.26. The van der Waals surface area contributed by atoms with Gasteiger partial charge in [-0.2, -0.15) is 0 Å². The third kappa shape index (κ3) is 3.36. The number of amides is 2. The van der Waals surface area contributed by atoms with Crippen molar-refractivity contribution < 1.29 is 25.0 Å². The van der Waals surface area contributed by atoms with Crippen LogP contribution in [0.15, 0.2) is 18.2 Å². The molecule has 0 radical (unpaired) electrons. The number of imide groups is 1. The maximum atomic E-state index is 11.3. The molecule has 3 N–H and O–H groups in total. The van der Waals surface area contributed by atoms with Gasteiger partial charge in [-0.15, -0.1) is 4.73 Å². The lowest BCUT2D eigenvalue weighted by Gasteiger charge is -2.12. The van der Waals surface area contributed by atoms with Gasteiger partial charge < -0.3 is 15.4 Å². The van der Waals surface area contributed by atoms with Crippen molar-refractivity contribution in [1.29, 1.82) is 0 Å². The van der Waals surface area contributed by atoms with Gasteiger partial charge in [0.1, 0.15) is 0 Å². The van der Waals surface area contributed by atoms with E-state index in [1.54, 1.807) is 0 Å². The van der Waals surface area contributed by atoms with E-state index in [-0.39, 0.29) is 23.6 Å². The molecule has 0 saturated heterocycles. The fourth-order valence-corrected chi connectivity index (χ4v) is 2.30. The van der Waals surface area contributed by atoms with E-state index in [0.29, 0.717) is 23.3 Å².